The lowest BCUT2D eigenvalue weighted by atomic mass is 10.2. The predicted molar refractivity (Wildman–Crippen MR) is 82.1 cm³/mol. The molecule has 8 nitrogen and oxygen atoms in total. The summed E-state index contributed by atoms with van der Waals surface area (Å²) in [6, 6.07) is 0.156. The molecule has 9 heteroatoms. The van der Waals surface area contributed by atoms with Crippen molar-refractivity contribution in [3.63, 3.8) is 0 Å². The molecule has 0 saturated heterocycles. The third-order valence-corrected chi connectivity index (χ3v) is 3.78. The molecular formula is C11H20N6O2S. The minimum absolute atomic E-state index is 0.0777. The highest BCUT2D eigenvalue weighted by atomic mass is 32.2. The van der Waals surface area contributed by atoms with Gasteiger partial charge in [0.1, 0.15) is 5.69 Å². The van der Waals surface area contributed by atoms with Crippen LogP contribution in [0.2, 0.25) is 0 Å². The number of nitrogens with one attached hydrogen (secondary N) is 1. The number of hydrogen-bond acceptors (Lipinski definition) is 8. The average Bonchev–Trinajstić information content (AvgIpc) is 2.42. The van der Waals surface area contributed by atoms with Crippen molar-refractivity contribution in [3.05, 3.63) is 15.8 Å². The largest absolute Gasteiger partial charge is 0.350 e. The Labute approximate surface area is 122 Å². The summed E-state index contributed by atoms with van der Waals surface area (Å²) in [5.41, 5.74) is 2.55. The number of nitro groups is 1. The number of anilines is 2. The molecular weight excluding hydrogens is 280 g/mol. The van der Waals surface area contributed by atoms with Crippen molar-refractivity contribution in [1.29, 1.82) is 0 Å². The van der Waals surface area contributed by atoms with Gasteiger partial charge >= 0.3 is 5.69 Å². The van der Waals surface area contributed by atoms with Crippen LogP contribution in [0.25, 0.3) is 0 Å². The molecule has 0 spiro atoms. The van der Waals surface area contributed by atoms with E-state index >= 15 is 0 Å². The number of hydrogen-bond donors (Lipinski definition) is 2. The zero-order chi connectivity index (χ0) is 15.3. The molecule has 0 aromatic carbocycles. The molecule has 3 N–H and O–H groups in total. The summed E-state index contributed by atoms with van der Waals surface area (Å²) in [5, 5.41) is 11.3. The lowest BCUT2D eigenvalue weighted by Gasteiger charge is -2.27. The molecule has 1 aromatic rings. The molecule has 0 aliphatic rings. The average molecular weight is 300 g/mol. The van der Waals surface area contributed by atoms with Crippen molar-refractivity contribution in [2.45, 2.75) is 26.3 Å². The molecule has 0 aliphatic carbocycles. The zero-order valence-corrected chi connectivity index (χ0v) is 12.9. The Kier molecular flexibility index (Phi) is 5.96. The van der Waals surface area contributed by atoms with Gasteiger partial charge in [0.15, 0.2) is 0 Å². The molecule has 0 amide bonds. The highest BCUT2D eigenvalue weighted by Crippen LogP contribution is 2.31. The zero-order valence-electron chi connectivity index (χ0n) is 12.1. The Bertz CT molecular complexity index is 484. The second-order valence-corrected chi connectivity index (χ2v) is 5.25. The first-order valence-corrected chi connectivity index (χ1v) is 7.57. The first-order chi connectivity index (χ1) is 9.46. The molecule has 112 valence electrons. The van der Waals surface area contributed by atoms with Gasteiger partial charge in [-0.05, 0) is 19.6 Å². The fraction of sp³-hybridized carbons (Fsp3) is 0.636. The Morgan fingerprint density at radius 3 is 2.65 bits per heavy atom. The van der Waals surface area contributed by atoms with E-state index < -0.39 is 4.92 Å². The third kappa shape index (κ3) is 3.48. The SMILES string of the molecule is CCC(CSC)N(C)c1nc(NN)nc(C)c1[N+](=O)[O-]. The smallest absolute Gasteiger partial charge is 0.332 e. The highest BCUT2D eigenvalue weighted by Gasteiger charge is 2.27. The summed E-state index contributed by atoms with van der Waals surface area (Å²) in [7, 11) is 1.81. The topological polar surface area (TPSA) is 110 Å². The second-order valence-electron chi connectivity index (χ2n) is 4.33. The molecule has 0 bridgehead atoms. The Balaban J connectivity index is 3.32. The van der Waals surface area contributed by atoms with Gasteiger partial charge in [0, 0.05) is 18.8 Å². The maximum Gasteiger partial charge on any atom is 0.332 e. The van der Waals surface area contributed by atoms with Crippen LogP contribution in [0, 0.1) is 17.0 Å². The Morgan fingerprint density at radius 2 is 2.20 bits per heavy atom. The molecule has 1 heterocycles. The maximum atomic E-state index is 11.3. The minimum atomic E-state index is -0.451. The van der Waals surface area contributed by atoms with Crippen molar-refractivity contribution >= 4 is 29.2 Å². The molecule has 1 atom stereocenters. The van der Waals surface area contributed by atoms with Crippen molar-refractivity contribution in [2.75, 3.05) is 29.4 Å². The lowest BCUT2D eigenvalue weighted by Crippen LogP contribution is -2.34. The predicted octanol–water partition coefficient (Wildman–Crippen LogP) is 1.56. The summed E-state index contributed by atoms with van der Waals surface area (Å²) in [6.45, 7) is 3.62. The Morgan fingerprint density at radius 1 is 1.55 bits per heavy atom. The number of rotatable bonds is 7. The normalized spacial score (nSPS) is 12.1. The van der Waals surface area contributed by atoms with Gasteiger partial charge < -0.3 is 4.90 Å². The van der Waals surface area contributed by atoms with Crippen molar-refractivity contribution in [1.82, 2.24) is 9.97 Å². The number of aryl methyl sites for hydroxylation is 1. The van der Waals surface area contributed by atoms with Gasteiger partial charge in [0.25, 0.3) is 0 Å². The summed E-state index contributed by atoms with van der Waals surface area (Å²) in [6.07, 6.45) is 2.87. The second kappa shape index (κ2) is 7.25. The molecule has 20 heavy (non-hydrogen) atoms. The van der Waals surface area contributed by atoms with Crippen LogP contribution >= 0.6 is 11.8 Å². The summed E-state index contributed by atoms with van der Waals surface area (Å²) < 4.78 is 0. The van der Waals surface area contributed by atoms with E-state index in [1.165, 1.54) is 0 Å². The Hall–Kier alpha value is -1.61. The van der Waals surface area contributed by atoms with Gasteiger partial charge in [0.2, 0.25) is 11.8 Å². The van der Waals surface area contributed by atoms with E-state index in [1.54, 1.807) is 25.7 Å². The molecule has 0 fully saturated rings. The van der Waals surface area contributed by atoms with Gasteiger partial charge in [-0.25, -0.2) is 10.8 Å². The molecule has 0 radical (unpaired) electrons. The molecule has 0 aliphatic heterocycles. The number of hydrazine groups is 1. The summed E-state index contributed by atoms with van der Waals surface area (Å²) >= 11 is 1.69. The molecule has 1 unspecified atom stereocenters. The van der Waals surface area contributed by atoms with E-state index in [2.05, 4.69) is 15.4 Å². The van der Waals surface area contributed by atoms with E-state index in [0.29, 0.717) is 5.69 Å². The van der Waals surface area contributed by atoms with Crippen molar-refractivity contribution < 1.29 is 4.92 Å². The quantitative estimate of drug-likeness (QED) is 0.443. The lowest BCUT2D eigenvalue weighted by molar-refractivity contribution is -0.385. The van der Waals surface area contributed by atoms with Crippen LogP contribution in [0.15, 0.2) is 0 Å². The van der Waals surface area contributed by atoms with Crippen molar-refractivity contribution in [2.24, 2.45) is 5.84 Å². The molecule has 1 rings (SSSR count). The van der Waals surface area contributed by atoms with Gasteiger partial charge in [-0.15, -0.1) is 0 Å². The van der Waals surface area contributed by atoms with Gasteiger partial charge in [-0.3, -0.25) is 15.5 Å². The minimum Gasteiger partial charge on any atom is -0.350 e. The van der Waals surface area contributed by atoms with Gasteiger partial charge in [0.05, 0.1) is 4.92 Å². The van der Waals surface area contributed by atoms with Crippen LogP contribution in [0.4, 0.5) is 17.5 Å². The van der Waals surface area contributed by atoms with Crippen LogP contribution in [0.1, 0.15) is 19.0 Å². The van der Waals surface area contributed by atoms with Gasteiger partial charge in [-0.2, -0.15) is 16.7 Å². The highest BCUT2D eigenvalue weighted by molar-refractivity contribution is 7.98. The van der Waals surface area contributed by atoms with E-state index in [9.17, 15) is 10.1 Å². The monoisotopic (exact) mass is 300 g/mol. The standard InChI is InChI=1S/C11H20N6O2S/c1-5-8(6-20-4)16(3)10-9(17(18)19)7(2)13-11(14-10)15-12/h8H,5-6,12H2,1-4H3,(H,13,14,15). The van der Waals surface area contributed by atoms with Crippen LogP contribution in [-0.2, 0) is 0 Å². The fourth-order valence-corrected chi connectivity index (χ4v) is 2.79. The number of aromatic nitrogens is 2. The molecule has 1 aromatic heterocycles. The van der Waals surface area contributed by atoms with E-state index in [0.717, 1.165) is 12.2 Å². The van der Waals surface area contributed by atoms with Crippen LogP contribution in [0.5, 0.6) is 0 Å². The van der Waals surface area contributed by atoms with Crippen LogP contribution in [-0.4, -0.2) is 40.0 Å². The number of nitrogen functional groups attached to an aromatic ring is 1. The first kappa shape index (κ1) is 16.4. The van der Waals surface area contributed by atoms with E-state index in [-0.39, 0.29) is 23.5 Å². The summed E-state index contributed by atoms with van der Waals surface area (Å²) in [5.74, 6) is 6.64. The number of thioether (sulfide) groups is 1. The fourth-order valence-electron chi connectivity index (χ4n) is 1.94. The third-order valence-electron chi connectivity index (χ3n) is 3.06. The van der Waals surface area contributed by atoms with Crippen molar-refractivity contribution in [3.8, 4) is 0 Å². The number of nitrogens with two attached hydrogens (primary N) is 1. The number of nitrogens with zero attached hydrogens (tertiary/aromatic N) is 4. The van der Waals surface area contributed by atoms with Gasteiger partial charge in [-0.1, -0.05) is 6.92 Å². The van der Waals surface area contributed by atoms with E-state index in [4.69, 9.17) is 5.84 Å². The van der Waals surface area contributed by atoms with Crippen LogP contribution < -0.4 is 16.2 Å². The first-order valence-electron chi connectivity index (χ1n) is 6.17. The summed E-state index contributed by atoms with van der Waals surface area (Å²) in [4.78, 5) is 20.7. The molecule has 0 saturated carbocycles. The maximum absolute atomic E-state index is 11.3. The van der Waals surface area contributed by atoms with Crippen LogP contribution in [0.3, 0.4) is 0 Å². The van der Waals surface area contributed by atoms with E-state index in [1.807, 2.05) is 18.1 Å².